The average molecular weight is 332 g/mol. The van der Waals surface area contributed by atoms with Gasteiger partial charge in [-0.2, -0.15) is 0 Å². The maximum atomic E-state index is 4.77. The molecule has 1 aliphatic rings. The van der Waals surface area contributed by atoms with Gasteiger partial charge in [-0.05, 0) is 81.3 Å². The van der Waals surface area contributed by atoms with E-state index in [1.165, 1.54) is 44.5 Å². The molecule has 2 aromatic carbocycles. The van der Waals surface area contributed by atoms with E-state index in [1.54, 1.807) is 0 Å². The minimum Gasteiger partial charge on any atom is -0.287 e. The first-order chi connectivity index (χ1) is 11.8. The third-order valence-corrected chi connectivity index (χ3v) is 4.99. The highest BCUT2D eigenvalue weighted by Crippen LogP contribution is 2.30. The Morgan fingerprint density at radius 3 is 1.28 bits per heavy atom. The highest BCUT2D eigenvalue weighted by atomic mass is 15.0. The molecule has 2 atom stereocenters. The van der Waals surface area contributed by atoms with Crippen LogP contribution >= 0.6 is 0 Å². The van der Waals surface area contributed by atoms with Crippen LogP contribution in [0, 0.1) is 41.5 Å². The fraction of sp³-hybridized carbons (Fsp3) is 0.391. The van der Waals surface area contributed by atoms with Gasteiger partial charge in [-0.3, -0.25) is 9.98 Å². The Kier molecular flexibility index (Phi) is 4.89. The highest BCUT2D eigenvalue weighted by molar-refractivity contribution is 5.85. The predicted molar refractivity (Wildman–Crippen MR) is 109 cm³/mol. The molecule has 0 heterocycles. The van der Waals surface area contributed by atoms with Gasteiger partial charge in [0.05, 0.1) is 12.1 Å². The lowest BCUT2D eigenvalue weighted by molar-refractivity contribution is 0.970. The van der Waals surface area contributed by atoms with Crippen LogP contribution in [-0.4, -0.2) is 24.5 Å². The molecular weight excluding hydrogens is 304 g/mol. The van der Waals surface area contributed by atoms with Crippen LogP contribution in [0.5, 0.6) is 0 Å². The molecule has 3 rings (SSSR count). The number of rotatable bonds is 4. The Bertz CT molecular complexity index is 741. The molecule has 0 spiro atoms. The van der Waals surface area contributed by atoms with Crippen molar-refractivity contribution in [3.63, 3.8) is 0 Å². The molecule has 0 saturated heterocycles. The molecule has 0 amide bonds. The molecule has 2 heteroatoms. The molecule has 0 unspecified atom stereocenters. The number of nitrogens with zero attached hydrogens (tertiary/aromatic N) is 2. The summed E-state index contributed by atoms with van der Waals surface area (Å²) in [5.74, 6) is 0. The van der Waals surface area contributed by atoms with E-state index in [-0.39, 0.29) is 0 Å². The zero-order valence-electron chi connectivity index (χ0n) is 16.2. The number of aliphatic imine (C=N–C) groups is 2. The van der Waals surface area contributed by atoms with Gasteiger partial charge in [0.25, 0.3) is 0 Å². The summed E-state index contributed by atoms with van der Waals surface area (Å²) in [6, 6.07) is 9.56. The van der Waals surface area contributed by atoms with Crippen molar-refractivity contribution in [1.82, 2.24) is 0 Å². The Morgan fingerprint density at radius 2 is 0.960 bits per heavy atom. The van der Waals surface area contributed by atoms with Crippen molar-refractivity contribution in [2.45, 2.75) is 60.0 Å². The third-order valence-electron chi connectivity index (χ3n) is 4.99. The molecule has 2 aromatic rings. The van der Waals surface area contributed by atoms with Crippen molar-refractivity contribution in [2.75, 3.05) is 0 Å². The number of hydrogen-bond donors (Lipinski definition) is 0. The Balaban J connectivity index is 1.68. The molecule has 1 fully saturated rings. The summed E-state index contributed by atoms with van der Waals surface area (Å²) in [7, 11) is 0. The largest absolute Gasteiger partial charge is 0.287 e. The molecule has 2 nitrogen and oxygen atoms in total. The monoisotopic (exact) mass is 332 g/mol. The molecule has 130 valence electrons. The van der Waals surface area contributed by atoms with Gasteiger partial charge in [-0.1, -0.05) is 35.4 Å². The van der Waals surface area contributed by atoms with Gasteiger partial charge < -0.3 is 0 Å². The van der Waals surface area contributed by atoms with Crippen LogP contribution in [-0.2, 0) is 0 Å². The first-order valence-electron chi connectivity index (χ1n) is 9.07. The van der Waals surface area contributed by atoms with E-state index in [4.69, 9.17) is 9.98 Å². The van der Waals surface area contributed by atoms with Crippen molar-refractivity contribution >= 4 is 12.4 Å². The Labute approximate surface area is 151 Å². The molecule has 0 bridgehead atoms. The maximum absolute atomic E-state index is 4.77. The Morgan fingerprint density at radius 1 is 0.640 bits per heavy atom. The predicted octanol–water partition coefficient (Wildman–Crippen LogP) is 5.22. The minimum absolute atomic E-state index is 0.336. The van der Waals surface area contributed by atoms with Crippen molar-refractivity contribution in [3.8, 4) is 0 Å². The van der Waals surface area contributed by atoms with E-state index in [0.29, 0.717) is 12.1 Å². The summed E-state index contributed by atoms with van der Waals surface area (Å²) in [6.45, 7) is 12.9. The zero-order valence-corrected chi connectivity index (χ0v) is 16.2. The first-order valence-corrected chi connectivity index (χ1v) is 9.07. The van der Waals surface area contributed by atoms with Gasteiger partial charge >= 0.3 is 0 Å². The lowest BCUT2D eigenvalue weighted by Crippen LogP contribution is -1.97. The lowest BCUT2D eigenvalue weighted by Gasteiger charge is -2.06. The van der Waals surface area contributed by atoms with Gasteiger partial charge in [-0.25, -0.2) is 0 Å². The third kappa shape index (κ3) is 4.07. The van der Waals surface area contributed by atoms with E-state index in [9.17, 15) is 0 Å². The van der Waals surface area contributed by atoms with Gasteiger partial charge in [0.15, 0.2) is 0 Å². The standard InChI is InChI=1S/C23H28N2/c1-14-7-16(3)20(17(4)8-14)12-24-22-11-23(22)25-13-21-18(5)9-15(2)10-19(21)6/h7-10,12-13,22-23H,11H2,1-6H3/t22-,23-/m0/s1. The molecule has 0 aromatic heterocycles. The van der Waals surface area contributed by atoms with E-state index in [2.05, 4.69) is 65.8 Å². The first kappa shape index (κ1) is 17.6. The second kappa shape index (κ2) is 6.95. The van der Waals surface area contributed by atoms with E-state index in [0.717, 1.165) is 6.42 Å². The maximum Gasteiger partial charge on any atom is 0.0745 e. The molecule has 0 N–H and O–H groups in total. The Hall–Kier alpha value is -2.22. The average Bonchev–Trinajstić information content (AvgIpc) is 3.23. The van der Waals surface area contributed by atoms with Gasteiger partial charge in [-0.15, -0.1) is 0 Å². The molecule has 0 aliphatic heterocycles. The molecule has 1 saturated carbocycles. The smallest absolute Gasteiger partial charge is 0.0745 e. The van der Waals surface area contributed by atoms with Gasteiger partial charge in [0, 0.05) is 12.4 Å². The number of benzene rings is 2. The second-order valence-electron chi connectivity index (χ2n) is 7.55. The van der Waals surface area contributed by atoms with Crippen LogP contribution in [0.1, 0.15) is 50.9 Å². The van der Waals surface area contributed by atoms with E-state index < -0.39 is 0 Å². The van der Waals surface area contributed by atoms with Crippen LogP contribution in [0.3, 0.4) is 0 Å². The van der Waals surface area contributed by atoms with Crippen molar-refractivity contribution < 1.29 is 0 Å². The van der Waals surface area contributed by atoms with Crippen LogP contribution < -0.4 is 0 Å². The fourth-order valence-corrected chi connectivity index (χ4v) is 3.62. The minimum atomic E-state index is 0.336. The van der Waals surface area contributed by atoms with Crippen LogP contribution in [0.25, 0.3) is 0 Å². The zero-order chi connectivity index (χ0) is 18.1. The quantitative estimate of drug-likeness (QED) is 0.686. The molecular formula is C23H28N2. The van der Waals surface area contributed by atoms with Crippen molar-refractivity contribution in [3.05, 3.63) is 68.8 Å². The molecule has 0 radical (unpaired) electrons. The van der Waals surface area contributed by atoms with Crippen LogP contribution in [0.4, 0.5) is 0 Å². The summed E-state index contributed by atoms with van der Waals surface area (Å²) in [5.41, 5.74) is 10.3. The SMILES string of the molecule is Cc1cc(C)c(C=N[C@H]2C[C@@H]2N=Cc2c(C)cc(C)cc2C)c(C)c1. The van der Waals surface area contributed by atoms with Crippen LogP contribution in [0.15, 0.2) is 34.3 Å². The second-order valence-corrected chi connectivity index (χ2v) is 7.55. The summed E-state index contributed by atoms with van der Waals surface area (Å²) in [5, 5.41) is 0. The highest BCUT2D eigenvalue weighted by Gasteiger charge is 2.36. The van der Waals surface area contributed by atoms with Crippen LogP contribution in [0.2, 0.25) is 0 Å². The van der Waals surface area contributed by atoms with Gasteiger partial charge in [0.1, 0.15) is 0 Å². The molecule has 25 heavy (non-hydrogen) atoms. The summed E-state index contributed by atoms with van der Waals surface area (Å²) >= 11 is 0. The summed E-state index contributed by atoms with van der Waals surface area (Å²) in [4.78, 5) is 9.54. The van der Waals surface area contributed by atoms with Crippen molar-refractivity contribution in [2.24, 2.45) is 9.98 Å². The van der Waals surface area contributed by atoms with Crippen molar-refractivity contribution in [1.29, 1.82) is 0 Å². The number of hydrogen-bond acceptors (Lipinski definition) is 2. The molecule has 1 aliphatic carbocycles. The summed E-state index contributed by atoms with van der Waals surface area (Å²) in [6.07, 6.45) is 5.15. The number of aryl methyl sites for hydroxylation is 6. The summed E-state index contributed by atoms with van der Waals surface area (Å²) < 4.78 is 0. The van der Waals surface area contributed by atoms with E-state index in [1.807, 2.05) is 12.4 Å². The van der Waals surface area contributed by atoms with Gasteiger partial charge in [0.2, 0.25) is 0 Å². The normalized spacial score (nSPS) is 19.9. The van der Waals surface area contributed by atoms with E-state index >= 15 is 0 Å². The fourth-order valence-electron chi connectivity index (χ4n) is 3.62. The lowest BCUT2D eigenvalue weighted by atomic mass is 10.0. The topological polar surface area (TPSA) is 24.7 Å².